The van der Waals surface area contributed by atoms with Gasteiger partial charge in [0, 0.05) is 12.1 Å². The summed E-state index contributed by atoms with van der Waals surface area (Å²) in [6.45, 7) is 3.82. The van der Waals surface area contributed by atoms with E-state index in [0.717, 1.165) is 24.8 Å². The Hall–Kier alpha value is -1.00. The Bertz CT molecular complexity index is 426. The van der Waals surface area contributed by atoms with E-state index in [0.29, 0.717) is 0 Å². The molecule has 104 valence electrons. The summed E-state index contributed by atoms with van der Waals surface area (Å²) in [4.78, 5) is 4.11. The van der Waals surface area contributed by atoms with Crippen molar-refractivity contribution in [2.24, 2.45) is 5.92 Å². The second kappa shape index (κ2) is 5.17. The van der Waals surface area contributed by atoms with Gasteiger partial charge in [0.2, 0.25) is 0 Å². The molecular formula is C15H21FN2O. The summed E-state index contributed by atoms with van der Waals surface area (Å²) in [6.07, 6.45) is 6.19. The molecule has 0 radical (unpaired) electrons. The zero-order chi connectivity index (χ0) is 13.3. The number of hydrogen-bond donors (Lipinski definition) is 1. The highest BCUT2D eigenvalue weighted by Crippen LogP contribution is 2.36. The molecule has 1 aromatic rings. The highest BCUT2D eigenvalue weighted by molar-refractivity contribution is 5.10. The van der Waals surface area contributed by atoms with Gasteiger partial charge in [-0.3, -0.25) is 4.98 Å². The lowest BCUT2D eigenvalue weighted by Gasteiger charge is -2.45. The minimum atomic E-state index is -0.301. The SMILES string of the molecule is CC1CCCC2(COC(c3ccc(F)cn3)CN2)C1. The van der Waals surface area contributed by atoms with Gasteiger partial charge in [-0.25, -0.2) is 4.39 Å². The fraction of sp³-hybridized carbons (Fsp3) is 0.667. The van der Waals surface area contributed by atoms with E-state index in [9.17, 15) is 4.39 Å². The van der Waals surface area contributed by atoms with Crippen LogP contribution in [0.3, 0.4) is 0 Å². The predicted octanol–water partition coefficient (Wildman–Crippen LogP) is 2.83. The van der Waals surface area contributed by atoms with E-state index < -0.39 is 0 Å². The molecule has 1 spiro atoms. The monoisotopic (exact) mass is 264 g/mol. The maximum atomic E-state index is 12.9. The lowest BCUT2D eigenvalue weighted by Crippen LogP contribution is -2.57. The van der Waals surface area contributed by atoms with Gasteiger partial charge < -0.3 is 10.1 Å². The van der Waals surface area contributed by atoms with E-state index in [-0.39, 0.29) is 17.5 Å². The molecule has 2 fully saturated rings. The van der Waals surface area contributed by atoms with Gasteiger partial charge in [0.25, 0.3) is 0 Å². The van der Waals surface area contributed by atoms with Gasteiger partial charge in [0.15, 0.2) is 0 Å². The van der Waals surface area contributed by atoms with Crippen molar-refractivity contribution < 1.29 is 9.13 Å². The third kappa shape index (κ3) is 2.79. The van der Waals surface area contributed by atoms with E-state index in [2.05, 4.69) is 17.2 Å². The van der Waals surface area contributed by atoms with Crippen LogP contribution in [0.15, 0.2) is 18.3 Å². The Morgan fingerprint density at radius 2 is 2.37 bits per heavy atom. The van der Waals surface area contributed by atoms with Crippen molar-refractivity contribution in [2.75, 3.05) is 13.2 Å². The van der Waals surface area contributed by atoms with Crippen LogP contribution in [0, 0.1) is 11.7 Å². The van der Waals surface area contributed by atoms with Crippen molar-refractivity contribution in [2.45, 2.75) is 44.2 Å². The lowest BCUT2D eigenvalue weighted by molar-refractivity contribution is -0.0544. The number of hydrogen-bond acceptors (Lipinski definition) is 3. The van der Waals surface area contributed by atoms with Crippen molar-refractivity contribution in [1.82, 2.24) is 10.3 Å². The first-order chi connectivity index (χ1) is 9.17. The van der Waals surface area contributed by atoms with Gasteiger partial charge in [-0.15, -0.1) is 0 Å². The van der Waals surface area contributed by atoms with Crippen molar-refractivity contribution in [3.63, 3.8) is 0 Å². The first kappa shape index (κ1) is 13.0. The highest BCUT2D eigenvalue weighted by Gasteiger charge is 2.39. The van der Waals surface area contributed by atoms with Crippen LogP contribution in [0.5, 0.6) is 0 Å². The number of pyridine rings is 1. The van der Waals surface area contributed by atoms with Crippen LogP contribution in [0.1, 0.15) is 44.4 Å². The molecule has 0 aromatic carbocycles. The molecule has 1 aliphatic carbocycles. The number of nitrogens with zero attached hydrogens (tertiary/aromatic N) is 1. The summed E-state index contributed by atoms with van der Waals surface area (Å²) in [6, 6.07) is 3.15. The summed E-state index contributed by atoms with van der Waals surface area (Å²) >= 11 is 0. The van der Waals surface area contributed by atoms with Crippen LogP contribution in [0.4, 0.5) is 4.39 Å². The van der Waals surface area contributed by atoms with E-state index in [1.807, 2.05) is 0 Å². The number of ether oxygens (including phenoxy) is 1. The third-order valence-electron chi connectivity index (χ3n) is 4.39. The van der Waals surface area contributed by atoms with Crippen LogP contribution in [0.25, 0.3) is 0 Å². The molecule has 2 heterocycles. The molecule has 1 saturated heterocycles. The van der Waals surface area contributed by atoms with Crippen molar-refractivity contribution in [3.8, 4) is 0 Å². The molecule has 1 aliphatic heterocycles. The summed E-state index contributed by atoms with van der Waals surface area (Å²) in [7, 11) is 0. The van der Waals surface area contributed by atoms with Gasteiger partial charge in [0.05, 0.1) is 18.5 Å². The molecule has 3 atom stereocenters. The van der Waals surface area contributed by atoms with Gasteiger partial charge in [-0.05, 0) is 30.9 Å². The molecule has 3 unspecified atom stereocenters. The average molecular weight is 264 g/mol. The van der Waals surface area contributed by atoms with E-state index >= 15 is 0 Å². The molecule has 0 amide bonds. The smallest absolute Gasteiger partial charge is 0.141 e. The molecule has 3 rings (SSSR count). The number of halogens is 1. The van der Waals surface area contributed by atoms with Gasteiger partial charge in [-0.1, -0.05) is 19.8 Å². The molecule has 4 heteroatoms. The Kier molecular flexibility index (Phi) is 3.54. The number of aromatic nitrogens is 1. The number of morpholine rings is 1. The van der Waals surface area contributed by atoms with Gasteiger partial charge in [-0.2, -0.15) is 0 Å². The molecular weight excluding hydrogens is 243 g/mol. The van der Waals surface area contributed by atoms with E-state index in [1.165, 1.54) is 37.9 Å². The van der Waals surface area contributed by atoms with Crippen LogP contribution >= 0.6 is 0 Å². The zero-order valence-electron chi connectivity index (χ0n) is 11.4. The maximum Gasteiger partial charge on any atom is 0.141 e. The van der Waals surface area contributed by atoms with Crippen LogP contribution in [-0.2, 0) is 4.74 Å². The van der Waals surface area contributed by atoms with Crippen LogP contribution < -0.4 is 5.32 Å². The molecule has 1 aromatic heterocycles. The summed E-state index contributed by atoms with van der Waals surface area (Å²) in [5, 5.41) is 3.67. The molecule has 1 N–H and O–H groups in total. The predicted molar refractivity (Wildman–Crippen MR) is 71.3 cm³/mol. The fourth-order valence-electron chi connectivity index (χ4n) is 3.40. The molecule has 3 nitrogen and oxygen atoms in total. The van der Waals surface area contributed by atoms with Crippen molar-refractivity contribution in [3.05, 3.63) is 29.8 Å². The minimum Gasteiger partial charge on any atom is -0.369 e. The Morgan fingerprint density at radius 3 is 3.00 bits per heavy atom. The first-order valence-corrected chi connectivity index (χ1v) is 7.15. The largest absolute Gasteiger partial charge is 0.369 e. The normalized spacial score (nSPS) is 35.5. The molecule has 19 heavy (non-hydrogen) atoms. The highest BCUT2D eigenvalue weighted by atomic mass is 19.1. The Balaban J connectivity index is 1.64. The van der Waals surface area contributed by atoms with E-state index in [4.69, 9.17) is 4.74 Å². The van der Waals surface area contributed by atoms with Crippen LogP contribution in [0.2, 0.25) is 0 Å². The number of nitrogens with one attached hydrogen (secondary N) is 1. The topological polar surface area (TPSA) is 34.1 Å². The Labute approximate surface area is 113 Å². The molecule has 2 aliphatic rings. The van der Waals surface area contributed by atoms with Crippen molar-refractivity contribution in [1.29, 1.82) is 0 Å². The second-order valence-corrected chi connectivity index (χ2v) is 6.06. The molecule has 0 bridgehead atoms. The Morgan fingerprint density at radius 1 is 1.47 bits per heavy atom. The van der Waals surface area contributed by atoms with Gasteiger partial charge in [0.1, 0.15) is 11.9 Å². The van der Waals surface area contributed by atoms with E-state index in [1.54, 1.807) is 6.07 Å². The van der Waals surface area contributed by atoms with Crippen molar-refractivity contribution >= 4 is 0 Å². The summed E-state index contributed by atoms with van der Waals surface area (Å²) in [5.41, 5.74) is 0.974. The minimum absolute atomic E-state index is 0.0524. The summed E-state index contributed by atoms with van der Waals surface area (Å²) in [5.74, 6) is 0.468. The second-order valence-electron chi connectivity index (χ2n) is 6.06. The quantitative estimate of drug-likeness (QED) is 0.847. The van der Waals surface area contributed by atoms with Crippen LogP contribution in [-0.4, -0.2) is 23.7 Å². The molecule has 1 saturated carbocycles. The maximum absolute atomic E-state index is 12.9. The van der Waals surface area contributed by atoms with Gasteiger partial charge >= 0.3 is 0 Å². The zero-order valence-corrected chi connectivity index (χ0v) is 11.4. The first-order valence-electron chi connectivity index (χ1n) is 7.15. The summed E-state index contributed by atoms with van der Waals surface area (Å²) < 4.78 is 18.9. The third-order valence-corrected chi connectivity index (χ3v) is 4.39. The number of rotatable bonds is 1. The fourth-order valence-corrected chi connectivity index (χ4v) is 3.40. The average Bonchev–Trinajstić information content (AvgIpc) is 2.41. The lowest BCUT2D eigenvalue weighted by atomic mass is 9.76. The standard InChI is InChI=1S/C15H21FN2O/c1-11-3-2-6-15(7-11)10-19-14(9-18-15)13-5-4-12(16)8-17-13/h4-5,8,11,14,18H,2-3,6-7,9-10H2,1H3.